The molecule has 8 heteroatoms. The summed E-state index contributed by atoms with van der Waals surface area (Å²) in [6.45, 7) is 8.06. The lowest BCUT2D eigenvalue weighted by atomic mass is 10.0. The number of carbonyl (C=O) groups is 2. The second-order valence-corrected chi connectivity index (χ2v) is 9.64. The molecule has 2 heterocycles. The van der Waals surface area contributed by atoms with E-state index < -0.39 is 11.6 Å². The largest absolute Gasteiger partial charge is 0.464 e. The number of nitrogens with zero attached hydrogens (tertiary/aromatic N) is 4. The molecule has 1 N–H and O–H groups in total. The van der Waals surface area contributed by atoms with E-state index in [0.717, 1.165) is 17.5 Å². The van der Waals surface area contributed by atoms with Gasteiger partial charge in [0.05, 0.1) is 5.52 Å². The Kier molecular flexibility index (Phi) is 7.52. The summed E-state index contributed by atoms with van der Waals surface area (Å²) in [6.07, 6.45) is 1.33. The molecule has 0 aliphatic heterocycles. The van der Waals surface area contributed by atoms with E-state index in [1.54, 1.807) is 15.6 Å². The number of fused-ring (bicyclic) bond motifs is 1. The first-order chi connectivity index (χ1) is 17.3. The average Bonchev–Trinajstić information content (AvgIpc) is 3.48. The van der Waals surface area contributed by atoms with E-state index in [-0.39, 0.29) is 18.4 Å². The van der Waals surface area contributed by atoms with Crippen LogP contribution in [0.15, 0.2) is 71.1 Å². The molecule has 1 atom stereocenters. The molecule has 4 rings (SSSR count). The summed E-state index contributed by atoms with van der Waals surface area (Å²) in [7, 11) is 0. The Balaban J connectivity index is 1.69. The van der Waals surface area contributed by atoms with E-state index >= 15 is 0 Å². The number of aryl methyl sites for hydroxylation is 1. The van der Waals surface area contributed by atoms with Gasteiger partial charge in [0.2, 0.25) is 5.91 Å². The van der Waals surface area contributed by atoms with E-state index in [4.69, 9.17) is 4.42 Å². The number of hydrogen-bond donors (Lipinski definition) is 1. The minimum Gasteiger partial charge on any atom is -0.464 e. The average molecular weight is 488 g/mol. The van der Waals surface area contributed by atoms with Crippen LogP contribution in [0.2, 0.25) is 0 Å². The summed E-state index contributed by atoms with van der Waals surface area (Å²) in [5.74, 6) is 0.586. The Bertz CT molecular complexity index is 1330. The van der Waals surface area contributed by atoms with E-state index in [1.807, 2.05) is 88.4 Å². The van der Waals surface area contributed by atoms with Gasteiger partial charge in [0.15, 0.2) is 6.04 Å². The lowest BCUT2D eigenvalue weighted by molar-refractivity contribution is -0.142. The molecule has 0 bridgehead atoms. The number of furan rings is 1. The van der Waals surface area contributed by atoms with Crippen LogP contribution in [0.1, 0.15) is 50.3 Å². The van der Waals surface area contributed by atoms with Crippen molar-refractivity contribution in [2.24, 2.45) is 0 Å². The number of carbonyl (C=O) groups excluding carboxylic acids is 2. The van der Waals surface area contributed by atoms with Gasteiger partial charge in [-0.3, -0.25) is 9.59 Å². The summed E-state index contributed by atoms with van der Waals surface area (Å²) < 4.78 is 7.49. The monoisotopic (exact) mass is 487 g/mol. The quantitative estimate of drug-likeness (QED) is 0.357. The molecule has 0 fully saturated rings. The van der Waals surface area contributed by atoms with Crippen LogP contribution in [0.3, 0.4) is 0 Å². The first kappa shape index (κ1) is 25.2. The van der Waals surface area contributed by atoms with Gasteiger partial charge >= 0.3 is 0 Å². The molecule has 0 saturated carbocycles. The van der Waals surface area contributed by atoms with Crippen LogP contribution in [0.25, 0.3) is 11.0 Å². The van der Waals surface area contributed by atoms with Gasteiger partial charge in [0.1, 0.15) is 23.6 Å². The Morgan fingerprint density at radius 2 is 1.78 bits per heavy atom. The lowest BCUT2D eigenvalue weighted by Gasteiger charge is -2.33. The molecule has 188 valence electrons. The molecule has 0 aliphatic carbocycles. The van der Waals surface area contributed by atoms with Crippen LogP contribution in [-0.2, 0) is 22.6 Å². The maximum atomic E-state index is 13.9. The van der Waals surface area contributed by atoms with Gasteiger partial charge in [0.25, 0.3) is 5.91 Å². The van der Waals surface area contributed by atoms with Crippen LogP contribution < -0.4 is 5.32 Å². The molecule has 8 nitrogen and oxygen atoms in total. The number of nitrogens with one attached hydrogen (secondary N) is 1. The third-order valence-electron chi connectivity index (χ3n) is 6.45. The minimum atomic E-state index is -0.921. The first-order valence-corrected chi connectivity index (χ1v) is 12.3. The summed E-state index contributed by atoms with van der Waals surface area (Å²) in [4.78, 5) is 29.2. The van der Waals surface area contributed by atoms with Crippen molar-refractivity contribution in [3.05, 3.63) is 83.8 Å². The minimum absolute atomic E-state index is 0.0457. The second-order valence-electron chi connectivity index (χ2n) is 9.64. The molecule has 0 saturated heterocycles. The highest BCUT2D eigenvalue weighted by molar-refractivity contribution is 5.89. The van der Waals surface area contributed by atoms with Crippen LogP contribution in [-0.4, -0.2) is 43.8 Å². The van der Waals surface area contributed by atoms with Crippen molar-refractivity contribution in [3.8, 4) is 0 Å². The second kappa shape index (κ2) is 10.8. The van der Waals surface area contributed by atoms with Gasteiger partial charge < -0.3 is 14.6 Å². The zero-order valence-corrected chi connectivity index (χ0v) is 21.3. The van der Waals surface area contributed by atoms with Crippen molar-refractivity contribution < 1.29 is 14.0 Å². The molecule has 0 radical (unpaired) electrons. The van der Waals surface area contributed by atoms with Crippen molar-refractivity contribution >= 4 is 22.8 Å². The first-order valence-electron chi connectivity index (χ1n) is 12.3. The number of hydrogen-bond acceptors (Lipinski definition) is 5. The predicted octanol–water partition coefficient (Wildman–Crippen LogP) is 4.45. The van der Waals surface area contributed by atoms with Crippen LogP contribution in [0.4, 0.5) is 0 Å². The highest BCUT2D eigenvalue weighted by Gasteiger charge is 2.36. The van der Waals surface area contributed by atoms with Crippen LogP contribution in [0, 0.1) is 6.92 Å². The van der Waals surface area contributed by atoms with Crippen LogP contribution in [0.5, 0.6) is 0 Å². The van der Waals surface area contributed by atoms with Gasteiger partial charge in [-0.15, -0.1) is 5.10 Å². The Morgan fingerprint density at radius 1 is 1.06 bits per heavy atom. The van der Waals surface area contributed by atoms with Gasteiger partial charge in [-0.05, 0) is 63.4 Å². The van der Waals surface area contributed by atoms with E-state index in [1.165, 1.54) is 0 Å². The summed E-state index contributed by atoms with van der Waals surface area (Å²) >= 11 is 0. The molecular weight excluding hydrogens is 454 g/mol. The van der Waals surface area contributed by atoms with E-state index in [0.29, 0.717) is 30.0 Å². The van der Waals surface area contributed by atoms with Gasteiger partial charge in [0, 0.05) is 12.1 Å². The summed E-state index contributed by atoms with van der Waals surface area (Å²) in [5, 5.41) is 11.5. The predicted molar refractivity (Wildman–Crippen MR) is 138 cm³/mol. The molecule has 0 spiro atoms. The van der Waals surface area contributed by atoms with Crippen molar-refractivity contribution in [2.75, 3.05) is 6.54 Å². The van der Waals surface area contributed by atoms with Crippen molar-refractivity contribution in [3.63, 3.8) is 0 Å². The number of amides is 2. The topological polar surface area (TPSA) is 93.3 Å². The number of aromatic nitrogens is 3. The fourth-order valence-electron chi connectivity index (χ4n) is 4.06. The number of benzene rings is 2. The van der Waals surface area contributed by atoms with Crippen LogP contribution >= 0.6 is 0 Å². The molecule has 2 aromatic heterocycles. The molecule has 0 aliphatic rings. The van der Waals surface area contributed by atoms with Crippen molar-refractivity contribution in [2.45, 2.75) is 58.7 Å². The summed E-state index contributed by atoms with van der Waals surface area (Å²) in [5.41, 5.74) is 2.11. The molecule has 36 heavy (non-hydrogen) atoms. The molecule has 2 amide bonds. The Morgan fingerprint density at radius 3 is 2.47 bits per heavy atom. The van der Waals surface area contributed by atoms with Crippen molar-refractivity contribution in [1.29, 1.82) is 0 Å². The molecule has 2 aromatic carbocycles. The van der Waals surface area contributed by atoms with E-state index in [2.05, 4.69) is 15.6 Å². The lowest BCUT2D eigenvalue weighted by Crippen LogP contribution is -2.51. The van der Waals surface area contributed by atoms with Gasteiger partial charge in [-0.1, -0.05) is 54.6 Å². The zero-order chi connectivity index (χ0) is 25.7. The van der Waals surface area contributed by atoms with Gasteiger partial charge in [-0.25, -0.2) is 4.68 Å². The zero-order valence-electron chi connectivity index (χ0n) is 21.3. The SMILES string of the molecule is CCC(C)(C)NC(=O)C(c1ccc(C)o1)N(CCc1ccccc1)C(=O)Cn1nnc2ccccc21. The maximum Gasteiger partial charge on any atom is 0.251 e. The Hall–Kier alpha value is -3.94. The third-order valence-corrected chi connectivity index (χ3v) is 6.45. The maximum absolute atomic E-state index is 13.9. The number of para-hydroxylation sites is 1. The normalized spacial score (nSPS) is 12.4. The van der Waals surface area contributed by atoms with Gasteiger partial charge in [-0.2, -0.15) is 0 Å². The number of rotatable bonds is 10. The molecular formula is C28H33N5O3. The van der Waals surface area contributed by atoms with E-state index in [9.17, 15) is 9.59 Å². The fraction of sp³-hybridized carbons (Fsp3) is 0.357. The van der Waals surface area contributed by atoms with Crippen molar-refractivity contribution in [1.82, 2.24) is 25.2 Å². The highest BCUT2D eigenvalue weighted by Crippen LogP contribution is 2.26. The summed E-state index contributed by atoms with van der Waals surface area (Å²) in [6, 6.07) is 20.1. The fourth-order valence-corrected chi connectivity index (χ4v) is 4.06. The molecule has 4 aromatic rings. The highest BCUT2D eigenvalue weighted by atomic mass is 16.3. The standard InChI is InChI=1S/C28H33N5O3/c1-5-28(3,4)29-27(35)26(24-16-15-20(2)36-24)32(18-17-21-11-7-6-8-12-21)25(34)19-33-23-14-10-9-13-22(23)30-31-33/h6-16,26H,5,17-19H2,1-4H3,(H,29,35). The smallest absolute Gasteiger partial charge is 0.251 e. The molecule has 1 unspecified atom stereocenters. The third kappa shape index (κ3) is 5.82. The Labute approximate surface area is 211 Å².